The average molecular weight is 332 g/mol. The Morgan fingerprint density at radius 2 is 1.60 bits per heavy atom. The number of benzene rings is 2. The molecule has 1 nitrogen and oxygen atoms in total. The van der Waals surface area contributed by atoms with Crippen LogP contribution in [0, 0.1) is 0 Å². The number of nitrogens with zero attached hydrogens (tertiary/aromatic N) is 1. The molecular weight excluding hydrogens is 302 g/mol. The van der Waals surface area contributed by atoms with Gasteiger partial charge in [0.05, 0.1) is 0 Å². The van der Waals surface area contributed by atoms with Crippen LogP contribution in [0.5, 0.6) is 0 Å². The maximum atomic E-state index is 2.68. The summed E-state index contributed by atoms with van der Waals surface area (Å²) in [6.45, 7) is 4.90. The molecule has 1 aliphatic carbocycles. The fourth-order valence-corrected chi connectivity index (χ4v) is 4.29. The number of likely N-dealkylation sites (tertiary alicyclic amines) is 1. The van der Waals surface area contributed by atoms with E-state index in [-0.39, 0.29) is 0 Å². The van der Waals surface area contributed by atoms with Gasteiger partial charge in [-0.2, -0.15) is 0 Å². The molecule has 2 aromatic carbocycles. The molecule has 4 rings (SSSR count). The molecule has 2 fully saturated rings. The van der Waals surface area contributed by atoms with E-state index in [0.717, 1.165) is 0 Å². The van der Waals surface area contributed by atoms with Gasteiger partial charge in [-0.25, -0.2) is 0 Å². The number of rotatable bonds is 4. The Bertz CT molecular complexity index is 710. The van der Waals surface area contributed by atoms with Gasteiger partial charge < -0.3 is 0 Å². The highest BCUT2D eigenvalue weighted by molar-refractivity contribution is 5.55. The first-order valence-corrected chi connectivity index (χ1v) is 9.91. The molecule has 2 unspecified atom stereocenters. The zero-order valence-corrected chi connectivity index (χ0v) is 15.3. The Labute approximate surface area is 152 Å². The largest absolute Gasteiger partial charge is 0.297 e. The van der Waals surface area contributed by atoms with Crippen molar-refractivity contribution in [2.75, 3.05) is 13.1 Å². The van der Waals surface area contributed by atoms with E-state index in [4.69, 9.17) is 0 Å². The topological polar surface area (TPSA) is 3.24 Å². The second-order valence-electron chi connectivity index (χ2n) is 7.67. The smallest absolute Gasteiger partial charge is 0.0310 e. The second-order valence-corrected chi connectivity index (χ2v) is 7.67. The van der Waals surface area contributed by atoms with Crippen LogP contribution < -0.4 is 0 Å². The van der Waals surface area contributed by atoms with E-state index < -0.39 is 0 Å². The maximum Gasteiger partial charge on any atom is 0.0310 e. The summed E-state index contributed by atoms with van der Waals surface area (Å²) in [6.07, 6.45) is 9.25. The van der Waals surface area contributed by atoms with Gasteiger partial charge in [-0.3, -0.25) is 4.90 Å². The standard InChI is InChI=1S/C24H29N/c1-19(21-8-3-2-4-9-21)22-14-12-20(13-15-22)18-23-10-5-6-11-24(23)25-16-7-17-25/h2-4,8-9,12-15,18-19,24H,5-7,10-11,16-17H2,1H3/b23-18-. The van der Waals surface area contributed by atoms with E-state index in [1.807, 2.05) is 0 Å². The van der Waals surface area contributed by atoms with Crippen molar-refractivity contribution >= 4 is 6.08 Å². The zero-order chi connectivity index (χ0) is 17.1. The third-order valence-corrected chi connectivity index (χ3v) is 6.04. The van der Waals surface area contributed by atoms with Gasteiger partial charge in [-0.1, -0.05) is 79.6 Å². The summed E-state index contributed by atoms with van der Waals surface area (Å²) in [4.78, 5) is 2.68. The van der Waals surface area contributed by atoms with Crippen molar-refractivity contribution < 1.29 is 0 Å². The summed E-state index contributed by atoms with van der Waals surface area (Å²) >= 11 is 0. The van der Waals surface area contributed by atoms with Crippen molar-refractivity contribution in [3.05, 3.63) is 76.9 Å². The highest BCUT2D eigenvalue weighted by Crippen LogP contribution is 2.32. The molecule has 0 spiro atoms. The molecule has 0 amide bonds. The number of hydrogen-bond donors (Lipinski definition) is 0. The van der Waals surface area contributed by atoms with E-state index >= 15 is 0 Å². The summed E-state index contributed by atoms with van der Waals surface area (Å²) in [6, 6.07) is 20.7. The van der Waals surface area contributed by atoms with Crippen LogP contribution in [0.4, 0.5) is 0 Å². The fourth-order valence-electron chi connectivity index (χ4n) is 4.29. The summed E-state index contributed by atoms with van der Waals surface area (Å²) in [7, 11) is 0. The Kier molecular flexibility index (Phi) is 5.03. The van der Waals surface area contributed by atoms with Gasteiger partial charge in [0.1, 0.15) is 0 Å². The van der Waals surface area contributed by atoms with Gasteiger partial charge in [0.15, 0.2) is 0 Å². The molecule has 25 heavy (non-hydrogen) atoms. The van der Waals surface area contributed by atoms with Crippen LogP contribution in [0.2, 0.25) is 0 Å². The monoisotopic (exact) mass is 331 g/mol. The summed E-state index contributed by atoms with van der Waals surface area (Å²) in [5.74, 6) is 0.450. The third-order valence-electron chi connectivity index (χ3n) is 6.04. The average Bonchev–Trinajstić information content (AvgIpc) is 2.63. The molecular formula is C24H29N. The normalized spacial score (nSPS) is 24.0. The van der Waals surface area contributed by atoms with Crippen LogP contribution in [-0.4, -0.2) is 24.0 Å². The molecule has 1 saturated carbocycles. The first kappa shape index (κ1) is 16.6. The molecule has 0 N–H and O–H groups in total. The van der Waals surface area contributed by atoms with E-state index in [1.165, 1.54) is 61.9 Å². The minimum Gasteiger partial charge on any atom is -0.297 e. The SMILES string of the molecule is CC(c1ccccc1)c1ccc(/C=C2/CCCCC2N2CCC2)cc1. The van der Waals surface area contributed by atoms with Crippen LogP contribution >= 0.6 is 0 Å². The quantitative estimate of drug-likeness (QED) is 0.677. The Hall–Kier alpha value is -1.86. The molecule has 2 atom stereocenters. The molecule has 130 valence electrons. The van der Waals surface area contributed by atoms with Crippen molar-refractivity contribution in [2.24, 2.45) is 0 Å². The highest BCUT2D eigenvalue weighted by Gasteiger charge is 2.28. The lowest BCUT2D eigenvalue weighted by atomic mass is 9.86. The van der Waals surface area contributed by atoms with Crippen LogP contribution in [-0.2, 0) is 0 Å². The molecule has 0 radical (unpaired) electrons. The summed E-state index contributed by atoms with van der Waals surface area (Å²) < 4.78 is 0. The third kappa shape index (κ3) is 3.72. The van der Waals surface area contributed by atoms with Crippen LogP contribution in [0.3, 0.4) is 0 Å². The predicted molar refractivity (Wildman–Crippen MR) is 107 cm³/mol. The Morgan fingerprint density at radius 1 is 0.880 bits per heavy atom. The molecule has 0 aromatic heterocycles. The van der Waals surface area contributed by atoms with Crippen molar-refractivity contribution in [2.45, 2.75) is 51.0 Å². The van der Waals surface area contributed by atoms with Gasteiger partial charge in [0.2, 0.25) is 0 Å². The first-order chi connectivity index (χ1) is 12.3. The van der Waals surface area contributed by atoms with Crippen molar-refractivity contribution in [3.63, 3.8) is 0 Å². The Morgan fingerprint density at radius 3 is 2.28 bits per heavy atom. The maximum absolute atomic E-state index is 2.68. The highest BCUT2D eigenvalue weighted by atomic mass is 15.2. The van der Waals surface area contributed by atoms with Gasteiger partial charge in [-0.05, 0) is 55.5 Å². The van der Waals surface area contributed by atoms with Crippen LogP contribution in [0.1, 0.15) is 61.6 Å². The van der Waals surface area contributed by atoms with Gasteiger partial charge >= 0.3 is 0 Å². The van der Waals surface area contributed by atoms with Crippen LogP contribution in [0.25, 0.3) is 6.08 Å². The Balaban J connectivity index is 1.51. The summed E-state index contributed by atoms with van der Waals surface area (Å²) in [5, 5.41) is 0. The molecule has 1 aliphatic heterocycles. The zero-order valence-electron chi connectivity index (χ0n) is 15.3. The molecule has 1 saturated heterocycles. The van der Waals surface area contributed by atoms with Crippen molar-refractivity contribution in [1.29, 1.82) is 0 Å². The lowest BCUT2D eigenvalue weighted by molar-refractivity contribution is 0.121. The molecule has 2 aliphatic rings. The lowest BCUT2D eigenvalue weighted by Crippen LogP contribution is -2.46. The summed E-state index contributed by atoms with van der Waals surface area (Å²) in [5.41, 5.74) is 5.82. The van der Waals surface area contributed by atoms with E-state index in [2.05, 4.69) is 72.5 Å². The second kappa shape index (κ2) is 7.58. The first-order valence-electron chi connectivity index (χ1n) is 9.91. The molecule has 1 heterocycles. The predicted octanol–water partition coefficient (Wildman–Crippen LogP) is 5.87. The fraction of sp³-hybridized carbons (Fsp3) is 0.417. The molecule has 0 bridgehead atoms. The van der Waals surface area contributed by atoms with Crippen molar-refractivity contribution in [1.82, 2.24) is 4.90 Å². The van der Waals surface area contributed by atoms with E-state index in [1.54, 1.807) is 5.57 Å². The van der Waals surface area contributed by atoms with Gasteiger partial charge in [-0.15, -0.1) is 0 Å². The van der Waals surface area contributed by atoms with E-state index in [9.17, 15) is 0 Å². The minimum atomic E-state index is 0.450. The number of hydrogen-bond acceptors (Lipinski definition) is 1. The van der Waals surface area contributed by atoms with Crippen molar-refractivity contribution in [3.8, 4) is 0 Å². The lowest BCUT2D eigenvalue weighted by Gasteiger charge is -2.42. The van der Waals surface area contributed by atoms with Gasteiger partial charge in [0.25, 0.3) is 0 Å². The van der Waals surface area contributed by atoms with E-state index in [0.29, 0.717) is 12.0 Å². The van der Waals surface area contributed by atoms with Gasteiger partial charge in [0, 0.05) is 12.0 Å². The minimum absolute atomic E-state index is 0.450. The molecule has 2 aromatic rings. The van der Waals surface area contributed by atoms with Crippen LogP contribution in [0.15, 0.2) is 60.2 Å². The molecule has 1 heteroatoms.